The topological polar surface area (TPSA) is 29.1 Å². The molecular formula is C21H17BrFNO. The van der Waals surface area contributed by atoms with Crippen LogP contribution in [0.15, 0.2) is 83.3 Å². The van der Waals surface area contributed by atoms with Gasteiger partial charge in [0, 0.05) is 22.1 Å². The number of anilines is 1. The predicted molar refractivity (Wildman–Crippen MR) is 102 cm³/mol. The van der Waals surface area contributed by atoms with Gasteiger partial charge in [0.25, 0.3) is 0 Å². The summed E-state index contributed by atoms with van der Waals surface area (Å²) in [5.41, 5.74) is 2.46. The minimum Gasteiger partial charge on any atom is -0.378 e. The van der Waals surface area contributed by atoms with Crippen LogP contribution in [0.3, 0.4) is 0 Å². The Labute approximate surface area is 154 Å². The second-order valence-electron chi connectivity index (χ2n) is 5.75. The van der Waals surface area contributed by atoms with E-state index in [-0.39, 0.29) is 24.1 Å². The molecule has 1 atom stereocenters. The summed E-state index contributed by atoms with van der Waals surface area (Å²) < 4.78 is 14.0. The number of benzene rings is 3. The van der Waals surface area contributed by atoms with Gasteiger partial charge in [-0.15, -0.1) is 0 Å². The van der Waals surface area contributed by atoms with Crippen LogP contribution in [-0.2, 0) is 0 Å². The van der Waals surface area contributed by atoms with Crippen LogP contribution in [0, 0.1) is 5.82 Å². The number of carbonyl (C=O) groups excluding carboxylic acids is 1. The first-order valence-corrected chi connectivity index (χ1v) is 8.77. The molecule has 2 nitrogen and oxygen atoms in total. The highest BCUT2D eigenvalue weighted by atomic mass is 79.9. The average Bonchev–Trinajstić information content (AvgIpc) is 2.62. The van der Waals surface area contributed by atoms with Crippen molar-refractivity contribution in [3.8, 4) is 0 Å². The van der Waals surface area contributed by atoms with Crippen molar-refractivity contribution in [1.82, 2.24) is 0 Å². The maximum atomic E-state index is 13.1. The molecule has 0 radical (unpaired) electrons. The zero-order chi connectivity index (χ0) is 17.6. The molecule has 0 amide bonds. The van der Waals surface area contributed by atoms with Crippen LogP contribution < -0.4 is 5.32 Å². The van der Waals surface area contributed by atoms with Crippen molar-refractivity contribution >= 4 is 27.4 Å². The fourth-order valence-electron chi connectivity index (χ4n) is 2.66. The first-order valence-electron chi connectivity index (χ1n) is 7.97. The molecule has 0 spiro atoms. The zero-order valence-corrected chi connectivity index (χ0v) is 15.0. The molecule has 1 N–H and O–H groups in total. The highest BCUT2D eigenvalue weighted by Crippen LogP contribution is 2.26. The minimum atomic E-state index is -0.344. The van der Waals surface area contributed by atoms with Gasteiger partial charge in [0.2, 0.25) is 0 Å². The molecule has 3 aromatic carbocycles. The molecule has 0 bridgehead atoms. The molecule has 0 aromatic heterocycles. The lowest BCUT2D eigenvalue weighted by atomic mass is 9.97. The Kier molecular flexibility index (Phi) is 5.61. The molecule has 0 heterocycles. The Morgan fingerprint density at radius 1 is 0.960 bits per heavy atom. The zero-order valence-electron chi connectivity index (χ0n) is 13.5. The molecule has 0 saturated carbocycles. The van der Waals surface area contributed by atoms with Gasteiger partial charge >= 0.3 is 0 Å². The van der Waals surface area contributed by atoms with Crippen LogP contribution in [0.2, 0.25) is 0 Å². The molecule has 0 unspecified atom stereocenters. The van der Waals surface area contributed by atoms with Crippen molar-refractivity contribution in [1.29, 1.82) is 0 Å². The van der Waals surface area contributed by atoms with E-state index in [0.717, 1.165) is 15.7 Å². The van der Waals surface area contributed by atoms with Gasteiger partial charge in [-0.3, -0.25) is 4.79 Å². The number of halogens is 2. The predicted octanol–water partition coefficient (Wildman–Crippen LogP) is 6.01. The third kappa shape index (κ3) is 4.77. The summed E-state index contributed by atoms with van der Waals surface area (Å²) in [5, 5.41) is 3.42. The lowest BCUT2D eigenvalue weighted by Crippen LogP contribution is -2.15. The first-order chi connectivity index (χ1) is 12.1. The fourth-order valence-corrected chi connectivity index (χ4v) is 3.06. The lowest BCUT2D eigenvalue weighted by Gasteiger charge is -2.20. The van der Waals surface area contributed by atoms with Gasteiger partial charge in [0.05, 0.1) is 6.04 Å². The maximum Gasteiger partial charge on any atom is 0.165 e. The molecule has 25 heavy (non-hydrogen) atoms. The van der Waals surface area contributed by atoms with Crippen molar-refractivity contribution in [3.05, 3.63) is 100 Å². The van der Waals surface area contributed by atoms with Crippen LogP contribution in [0.25, 0.3) is 0 Å². The lowest BCUT2D eigenvalue weighted by molar-refractivity contribution is 0.0976. The van der Waals surface area contributed by atoms with E-state index in [1.165, 1.54) is 24.3 Å². The van der Waals surface area contributed by atoms with E-state index in [1.807, 2.05) is 54.6 Å². The van der Waals surface area contributed by atoms with Crippen LogP contribution in [0.1, 0.15) is 28.4 Å². The third-order valence-corrected chi connectivity index (χ3v) is 4.42. The second-order valence-corrected chi connectivity index (χ2v) is 6.67. The highest BCUT2D eigenvalue weighted by Gasteiger charge is 2.17. The van der Waals surface area contributed by atoms with Gasteiger partial charge < -0.3 is 5.32 Å². The van der Waals surface area contributed by atoms with Crippen LogP contribution >= 0.6 is 15.9 Å². The van der Waals surface area contributed by atoms with E-state index in [1.54, 1.807) is 0 Å². The summed E-state index contributed by atoms with van der Waals surface area (Å²) in [7, 11) is 0. The standard InChI is InChI=1S/C21H17BrFNO/c22-17-7-4-8-19(13-17)24-20(15-5-2-1-3-6-15)14-21(25)16-9-11-18(23)12-10-16/h1-13,20,24H,14H2/t20-/m0/s1. The number of carbonyl (C=O) groups is 1. The fraction of sp³-hybridized carbons (Fsp3) is 0.0952. The normalized spacial score (nSPS) is 11.8. The number of Topliss-reactive ketones (excluding diaryl/α,β-unsaturated/α-hetero) is 1. The van der Waals surface area contributed by atoms with Gasteiger partial charge in [-0.25, -0.2) is 4.39 Å². The average molecular weight is 398 g/mol. The molecule has 0 fully saturated rings. The molecule has 4 heteroatoms. The summed E-state index contributed by atoms with van der Waals surface area (Å²) in [6.07, 6.45) is 0.280. The largest absolute Gasteiger partial charge is 0.378 e. The van der Waals surface area contributed by atoms with E-state index in [2.05, 4.69) is 21.2 Å². The Hall–Kier alpha value is -2.46. The summed E-state index contributed by atoms with van der Waals surface area (Å²) in [6, 6.07) is 23.2. The van der Waals surface area contributed by atoms with Gasteiger partial charge in [-0.05, 0) is 48.0 Å². The summed E-state index contributed by atoms with van der Waals surface area (Å²) >= 11 is 3.46. The van der Waals surface area contributed by atoms with E-state index in [4.69, 9.17) is 0 Å². The quantitative estimate of drug-likeness (QED) is 0.515. The molecule has 126 valence electrons. The van der Waals surface area contributed by atoms with E-state index in [0.29, 0.717) is 5.56 Å². The molecule has 0 aliphatic carbocycles. The SMILES string of the molecule is O=C(C[C@H](Nc1cccc(Br)c1)c1ccccc1)c1ccc(F)cc1. The van der Waals surface area contributed by atoms with Crippen molar-refractivity contribution in [3.63, 3.8) is 0 Å². The highest BCUT2D eigenvalue weighted by molar-refractivity contribution is 9.10. The Morgan fingerprint density at radius 3 is 2.36 bits per heavy atom. The molecule has 3 rings (SSSR count). The van der Waals surface area contributed by atoms with Crippen molar-refractivity contribution < 1.29 is 9.18 Å². The summed E-state index contributed by atoms with van der Waals surface area (Å²) in [4.78, 5) is 12.6. The molecule has 3 aromatic rings. The summed E-state index contributed by atoms with van der Waals surface area (Å²) in [5.74, 6) is -0.375. The number of hydrogen-bond donors (Lipinski definition) is 1. The van der Waals surface area contributed by atoms with Gasteiger partial charge in [-0.1, -0.05) is 52.3 Å². The number of nitrogens with one attached hydrogen (secondary N) is 1. The van der Waals surface area contributed by atoms with E-state index >= 15 is 0 Å². The van der Waals surface area contributed by atoms with Crippen molar-refractivity contribution in [2.24, 2.45) is 0 Å². The van der Waals surface area contributed by atoms with Gasteiger partial charge in [-0.2, -0.15) is 0 Å². The summed E-state index contributed by atoms with van der Waals surface area (Å²) in [6.45, 7) is 0. The van der Waals surface area contributed by atoms with Gasteiger partial charge in [0.1, 0.15) is 5.82 Å². The number of ketones is 1. The Morgan fingerprint density at radius 2 is 1.68 bits per heavy atom. The molecule has 0 aliphatic rings. The Balaban J connectivity index is 1.83. The minimum absolute atomic E-state index is 0.0312. The number of hydrogen-bond acceptors (Lipinski definition) is 2. The molecule has 0 aliphatic heterocycles. The van der Waals surface area contributed by atoms with Crippen LogP contribution in [0.4, 0.5) is 10.1 Å². The monoisotopic (exact) mass is 397 g/mol. The van der Waals surface area contributed by atoms with Crippen LogP contribution in [-0.4, -0.2) is 5.78 Å². The van der Waals surface area contributed by atoms with Crippen LogP contribution in [0.5, 0.6) is 0 Å². The maximum absolute atomic E-state index is 13.1. The van der Waals surface area contributed by atoms with E-state index < -0.39 is 0 Å². The smallest absolute Gasteiger partial charge is 0.165 e. The Bertz CT molecular complexity index is 849. The van der Waals surface area contributed by atoms with Crippen molar-refractivity contribution in [2.45, 2.75) is 12.5 Å². The molecular weight excluding hydrogens is 381 g/mol. The third-order valence-electron chi connectivity index (χ3n) is 3.92. The van der Waals surface area contributed by atoms with Crippen molar-refractivity contribution in [2.75, 3.05) is 5.32 Å². The second kappa shape index (κ2) is 8.08. The van der Waals surface area contributed by atoms with Gasteiger partial charge in [0.15, 0.2) is 5.78 Å². The molecule has 0 saturated heterocycles. The first kappa shape index (κ1) is 17.4. The van der Waals surface area contributed by atoms with E-state index in [9.17, 15) is 9.18 Å². The number of rotatable bonds is 6.